The Balaban J connectivity index is 1.29. The van der Waals surface area contributed by atoms with Crippen LogP contribution in [0.4, 0.5) is 11.5 Å². The Labute approximate surface area is 207 Å². The summed E-state index contributed by atoms with van der Waals surface area (Å²) >= 11 is 1.38. The number of hydrogen-bond donors (Lipinski definition) is 2. The Morgan fingerprint density at radius 2 is 1.86 bits per heavy atom. The van der Waals surface area contributed by atoms with Crippen molar-refractivity contribution in [1.29, 1.82) is 0 Å². The highest BCUT2D eigenvalue weighted by Crippen LogP contribution is 2.24. The van der Waals surface area contributed by atoms with Crippen molar-refractivity contribution in [3.05, 3.63) is 94.3 Å². The van der Waals surface area contributed by atoms with Crippen molar-refractivity contribution >= 4 is 54.8 Å². The normalized spacial score (nSPS) is 10.8. The van der Waals surface area contributed by atoms with E-state index in [1.54, 1.807) is 54.7 Å². The Morgan fingerprint density at radius 3 is 2.66 bits per heavy atom. The number of fused-ring (bicyclic) bond motifs is 1. The number of carbonyl (C=O) groups excluding carboxylic acids is 2. The van der Waals surface area contributed by atoms with Gasteiger partial charge in [0.25, 0.3) is 11.8 Å². The quantitative estimate of drug-likeness (QED) is 0.323. The van der Waals surface area contributed by atoms with Crippen LogP contribution >= 0.6 is 20.6 Å². The summed E-state index contributed by atoms with van der Waals surface area (Å²) in [5.74, 6) is 0.821. The van der Waals surface area contributed by atoms with Crippen LogP contribution in [-0.4, -0.2) is 26.4 Å². The Morgan fingerprint density at radius 1 is 1.00 bits per heavy atom. The minimum Gasteiger partial charge on any atom is -0.438 e. The fourth-order valence-corrected chi connectivity index (χ4v) is 4.51. The first kappa shape index (κ1) is 22.7. The van der Waals surface area contributed by atoms with Crippen LogP contribution in [-0.2, 0) is 0 Å². The number of nitrogens with zero attached hydrogens (tertiary/aromatic N) is 3. The zero-order valence-corrected chi connectivity index (χ0v) is 20.5. The van der Waals surface area contributed by atoms with E-state index in [4.69, 9.17) is 4.74 Å². The number of ether oxygens (including phenoxy) is 1. The van der Waals surface area contributed by atoms with E-state index >= 15 is 0 Å². The molecule has 1 atom stereocenters. The lowest BCUT2D eigenvalue weighted by atomic mass is 10.2. The van der Waals surface area contributed by atoms with Crippen molar-refractivity contribution < 1.29 is 14.3 Å². The monoisotopic (exact) mass is 501 g/mol. The molecule has 0 radical (unpaired) electrons. The summed E-state index contributed by atoms with van der Waals surface area (Å²) in [5.41, 5.74) is 2.64. The number of carbonyl (C=O) groups is 2. The molecule has 0 saturated heterocycles. The van der Waals surface area contributed by atoms with Gasteiger partial charge in [0.1, 0.15) is 5.75 Å². The minimum absolute atomic E-state index is 0.208. The predicted octanol–water partition coefficient (Wildman–Crippen LogP) is 4.90. The predicted molar refractivity (Wildman–Crippen MR) is 140 cm³/mol. The summed E-state index contributed by atoms with van der Waals surface area (Å²) in [6.07, 6.45) is 1.62. The first-order valence-corrected chi connectivity index (χ1v) is 12.1. The maximum absolute atomic E-state index is 12.5. The molecule has 0 fully saturated rings. The molecule has 2 aromatic carbocycles. The molecule has 10 heteroatoms. The highest BCUT2D eigenvalue weighted by Gasteiger charge is 2.13. The van der Waals surface area contributed by atoms with Crippen molar-refractivity contribution in [3.63, 3.8) is 0 Å². The van der Waals surface area contributed by atoms with Gasteiger partial charge in [-0.05, 0) is 59.6 Å². The maximum Gasteiger partial charge on any atom is 0.267 e. The van der Waals surface area contributed by atoms with E-state index < -0.39 is 0 Å². The van der Waals surface area contributed by atoms with Crippen LogP contribution in [0.2, 0.25) is 0 Å². The van der Waals surface area contributed by atoms with Gasteiger partial charge < -0.3 is 15.4 Å². The third kappa shape index (κ3) is 5.21. The Kier molecular flexibility index (Phi) is 6.27. The summed E-state index contributed by atoms with van der Waals surface area (Å²) in [7, 11) is 2.58. The van der Waals surface area contributed by atoms with E-state index in [9.17, 15) is 9.59 Å². The molecule has 0 spiro atoms. The third-order valence-corrected chi connectivity index (χ3v) is 6.44. The molecular weight excluding hydrogens is 481 g/mol. The molecule has 5 rings (SSSR count). The average Bonchev–Trinajstić information content (AvgIpc) is 3.44. The summed E-state index contributed by atoms with van der Waals surface area (Å²) in [5, 5.41) is 12.9. The molecule has 0 bridgehead atoms. The maximum atomic E-state index is 12.5. The molecule has 0 saturated carbocycles. The first-order chi connectivity index (χ1) is 16.9. The molecular formula is C25H20N5O3PS. The van der Waals surface area contributed by atoms with Crippen LogP contribution in [0, 0.1) is 6.92 Å². The van der Waals surface area contributed by atoms with E-state index in [-0.39, 0.29) is 11.8 Å². The molecule has 3 heterocycles. The standard InChI is InChI=1S/C25H20N5O3PS/c1-15-10-11-35-23(15)25(32)28-20-14-30-21(27-20)8-9-22(29-30)33-18-6-3-5-17(13-18)26-24(31)16-4-2-7-19(34)12-16/h2-14H,34H2,1H3,(H,26,31)(H,28,32). The Hall–Kier alpha value is -4.07. The van der Waals surface area contributed by atoms with Crippen molar-refractivity contribution in [2.24, 2.45) is 0 Å². The average molecular weight is 502 g/mol. The number of amides is 2. The van der Waals surface area contributed by atoms with Gasteiger partial charge in [0.15, 0.2) is 11.5 Å². The van der Waals surface area contributed by atoms with Gasteiger partial charge in [0, 0.05) is 23.4 Å². The van der Waals surface area contributed by atoms with Crippen LogP contribution in [0.25, 0.3) is 5.65 Å². The second-order valence-corrected chi connectivity index (χ2v) is 9.28. The van der Waals surface area contributed by atoms with E-state index in [1.807, 2.05) is 30.5 Å². The van der Waals surface area contributed by atoms with E-state index in [2.05, 4.69) is 30.0 Å². The Bertz CT molecular complexity index is 1560. The summed E-state index contributed by atoms with van der Waals surface area (Å²) < 4.78 is 7.43. The third-order valence-electron chi connectivity index (χ3n) is 5.07. The number of anilines is 2. The first-order valence-electron chi connectivity index (χ1n) is 10.6. The number of nitrogens with one attached hydrogen (secondary N) is 2. The van der Waals surface area contributed by atoms with Crippen LogP contribution in [0.15, 0.2) is 78.3 Å². The number of aromatic nitrogens is 3. The van der Waals surface area contributed by atoms with Crippen molar-refractivity contribution in [1.82, 2.24) is 14.6 Å². The highest BCUT2D eigenvalue weighted by atomic mass is 32.1. The molecule has 3 aromatic heterocycles. The zero-order chi connectivity index (χ0) is 24.4. The van der Waals surface area contributed by atoms with Crippen LogP contribution in [0.5, 0.6) is 11.6 Å². The fourth-order valence-electron chi connectivity index (χ4n) is 3.40. The van der Waals surface area contributed by atoms with Crippen molar-refractivity contribution in [3.8, 4) is 11.6 Å². The number of imidazole rings is 1. The van der Waals surface area contributed by atoms with Crippen molar-refractivity contribution in [2.75, 3.05) is 10.6 Å². The van der Waals surface area contributed by atoms with Crippen LogP contribution < -0.4 is 20.7 Å². The number of benzene rings is 2. The fraction of sp³-hybridized carbons (Fsp3) is 0.0400. The largest absolute Gasteiger partial charge is 0.438 e. The smallest absolute Gasteiger partial charge is 0.267 e. The van der Waals surface area contributed by atoms with E-state index in [1.165, 1.54) is 15.9 Å². The second kappa shape index (κ2) is 9.66. The molecule has 1 unspecified atom stereocenters. The van der Waals surface area contributed by atoms with Gasteiger partial charge in [-0.1, -0.05) is 18.2 Å². The van der Waals surface area contributed by atoms with Gasteiger partial charge in [-0.3, -0.25) is 9.59 Å². The van der Waals surface area contributed by atoms with Crippen LogP contribution in [0.3, 0.4) is 0 Å². The van der Waals surface area contributed by atoms with Gasteiger partial charge in [-0.15, -0.1) is 25.7 Å². The minimum atomic E-state index is -0.211. The lowest BCUT2D eigenvalue weighted by molar-refractivity contribution is 0.102. The van der Waals surface area contributed by atoms with E-state index in [0.717, 1.165) is 10.9 Å². The number of aryl methyl sites for hydroxylation is 1. The second-order valence-electron chi connectivity index (χ2n) is 7.70. The highest BCUT2D eigenvalue weighted by molar-refractivity contribution is 7.27. The van der Waals surface area contributed by atoms with Crippen LogP contribution in [0.1, 0.15) is 25.6 Å². The zero-order valence-electron chi connectivity index (χ0n) is 18.6. The lowest BCUT2D eigenvalue weighted by Crippen LogP contribution is -2.13. The number of rotatable bonds is 6. The molecule has 35 heavy (non-hydrogen) atoms. The van der Waals surface area contributed by atoms with Gasteiger partial charge in [0.2, 0.25) is 5.88 Å². The lowest BCUT2D eigenvalue weighted by Gasteiger charge is -2.09. The molecule has 2 amide bonds. The molecule has 0 aliphatic heterocycles. The molecule has 2 N–H and O–H groups in total. The van der Waals surface area contributed by atoms with Gasteiger partial charge >= 0.3 is 0 Å². The van der Waals surface area contributed by atoms with Gasteiger partial charge in [0.05, 0.1) is 11.1 Å². The topological polar surface area (TPSA) is 97.6 Å². The van der Waals surface area contributed by atoms with Crippen molar-refractivity contribution in [2.45, 2.75) is 6.92 Å². The summed E-state index contributed by atoms with van der Waals surface area (Å²) in [6, 6.07) is 19.7. The summed E-state index contributed by atoms with van der Waals surface area (Å²) in [6.45, 7) is 1.89. The molecule has 174 valence electrons. The molecule has 0 aliphatic rings. The molecule has 0 aliphatic carbocycles. The van der Waals surface area contributed by atoms with E-state index in [0.29, 0.717) is 39.2 Å². The number of hydrogen-bond acceptors (Lipinski definition) is 6. The molecule has 5 aromatic rings. The number of thiophene rings is 1. The summed E-state index contributed by atoms with van der Waals surface area (Å²) in [4.78, 5) is 30.0. The molecule has 8 nitrogen and oxygen atoms in total. The van der Waals surface area contributed by atoms with Gasteiger partial charge in [-0.2, -0.15) is 0 Å². The SMILES string of the molecule is Cc1ccsc1C(=O)Nc1cn2nc(Oc3cccc(NC(=O)c4cccc(P)c4)c3)ccc2n1. The van der Waals surface area contributed by atoms with Gasteiger partial charge in [-0.25, -0.2) is 9.50 Å².